The van der Waals surface area contributed by atoms with Crippen LogP contribution in [0.5, 0.6) is 0 Å². The second-order valence-corrected chi connectivity index (χ2v) is 5.83. The molecule has 0 unspecified atom stereocenters. The van der Waals surface area contributed by atoms with E-state index in [-0.39, 0.29) is 17.7 Å². The van der Waals surface area contributed by atoms with Crippen LogP contribution in [-0.2, 0) is 4.79 Å². The van der Waals surface area contributed by atoms with Crippen LogP contribution in [0.2, 0.25) is 0 Å². The fraction of sp³-hybridized carbons (Fsp3) is 0.125. The number of anilines is 1. The van der Waals surface area contributed by atoms with Crippen molar-refractivity contribution < 1.29 is 9.59 Å². The third-order valence-electron chi connectivity index (χ3n) is 2.82. The molecule has 4 nitrogen and oxygen atoms in total. The predicted octanol–water partition coefficient (Wildman–Crippen LogP) is 3.37. The molecule has 0 heterocycles. The van der Waals surface area contributed by atoms with Gasteiger partial charge in [-0.1, -0.05) is 17.8 Å². The molecule has 0 aromatic heterocycles. The lowest BCUT2D eigenvalue weighted by atomic mass is 10.2. The average molecular weight is 335 g/mol. The number of rotatable bonds is 5. The van der Waals surface area contributed by atoms with Gasteiger partial charge in [0.05, 0.1) is 0 Å². The Morgan fingerprint density at radius 2 is 1.82 bits per heavy atom. The minimum Gasteiger partial charge on any atom is -0.355 e. The van der Waals surface area contributed by atoms with E-state index in [1.54, 1.807) is 24.9 Å². The summed E-state index contributed by atoms with van der Waals surface area (Å²) in [7, 11) is 1.61. The summed E-state index contributed by atoms with van der Waals surface area (Å²) in [5, 5.41) is 5.29. The number of hydrogen-bond acceptors (Lipinski definition) is 3. The summed E-state index contributed by atoms with van der Waals surface area (Å²) in [6.07, 6.45) is 0. The highest BCUT2D eigenvalue weighted by molar-refractivity contribution is 7.99. The first-order valence-electron chi connectivity index (χ1n) is 6.58. The summed E-state index contributed by atoms with van der Waals surface area (Å²) < 4.78 is 0. The Morgan fingerprint density at radius 1 is 1.09 bits per heavy atom. The van der Waals surface area contributed by atoms with Crippen LogP contribution in [0.25, 0.3) is 0 Å². The van der Waals surface area contributed by atoms with Gasteiger partial charge in [0, 0.05) is 28.1 Å². The van der Waals surface area contributed by atoms with E-state index in [0.29, 0.717) is 11.3 Å². The van der Waals surface area contributed by atoms with Crippen molar-refractivity contribution in [2.24, 2.45) is 0 Å². The first-order chi connectivity index (χ1) is 10.6. The van der Waals surface area contributed by atoms with Gasteiger partial charge in [-0.25, -0.2) is 0 Å². The van der Waals surface area contributed by atoms with Crippen LogP contribution in [0, 0.1) is 0 Å². The van der Waals surface area contributed by atoms with Gasteiger partial charge in [-0.15, -0.1) is 11.6 Å². The van der Waals surface area contributed by atoms with Gasteiger partial charge in [0.1, 0.15) is 5.88 Å². The lowest BCUT2D eigenvalue weighted by Gasteiger charge is -2.06. The molecule has 0 saturated heterocycles. The maximum atomic E-state index is 11.6. The summed E-state index contributed by atoms with van der Waals surface area (Å²) in [5.41, 5.74) is 1.33. The number of hydrogen-bond donors (Lipinski definition) is 2. The molecule has 2 amide bonds. The van der Waals surface area contributed by atoms with Crippen molar-refractivity contribution in [1.29, 1.82) is 0 Å². The van der Waals surface area contributed by atoms with Crippen LogP contribution in [0.15, 0.2) is 58.3 Å². The molecule has 22 heavy (non-hydrogen) atoms. The van der Waals surface area contributed by atoms with E-state index >= 15 is 0 Å². The molecule has 2 aromatic carbocycles. The highest BCUT2D eigenvalue weighted by Crippen LogP contribution is 2.29. The van der Waals surface area contributed by atoms with Crippen LogP contribution in [-0.4, -0.2) is 24.7 Å². The Morgan fingerprint density at radius 3 is 2.45 bits per heavy atom. The van der Waals surface area contributed by atoms with Gasteiger partial charge >= 0.3 is 0 Å². The molecule has 2 rings (SSSR count). The molecule has 0 aliphatic heterocycles. The molecule has 0 spiro atoms. The first kappa shape index (κ1) is 16.4. The van der Waals surface area contributed by atoms with Crippen LogP contribution in [0.3, 0.4) is 0 Å². The largest absolute Gasteiger partial charge is 0.355 e. The van der Waals surface area contributed by atoms with E-state index in [4.69, 9.17) is 11.6 Å². The number of nitrogens with one attached hydrogen (secondary N) is 2. The molecule has 0 radical (unpaired) electrons. The minimum absolute atomic E-state index is 0.0667. The summed E-state index contributed by atoms with van der Waals surface area (Å²) >= 11 is 6.99. The second kappa shape index (κ2) is 7.87. The third kappa shape index (κ3) is 4.51. The quantitative estimate of drug-likeness (QED) is 0.824. The highest BCUT2D eigenvalue weighted by Gasteiger charge is 2.05. The fourth-order valence-corrected chi connectivity index (χ4v) is 2.73. The zero-order valence-electron chi connectivity index (χ0n) is 11.9. The van der Waals surface area contributed by atoms with Crippen molar-refractivity contribution in [3.8, 4) is 0 Å². The highest BCUT2D eigenvalue weighted by atomic mass is 35.5. The molecule has 0 aliphatic carbocycles. The molecule has 0 aliphatic rings. The predicted molar refractivity (Wildman–Crippen MR) is 89.7 cm³/mol. The van der Waals surface area contributed by atoms with Gasteiger partial charge in [-0.2, -0.15) is 0 Å². The SMILES string of the molecule is CNC(=O)c1cccc(Sc2ccc(NC(=O)CCl)cc2)c1. The normalized spacial score (nSPS) is 10.1. The third-order valence-corrected chi connectivity index (χ3v) is 4.06. The Bertz CT molecular complexity index is 674. The topological polar surface area (TPSA) is 58.2 Å². The number of amides is 2. The minimum atomic E-state index is -0.236. The van der Waals surface area contributed by atoms with Crippen molar-refractivity contribution in [1.82, 2.24) is 5.32 Å². The number of benzene rings is 2. The van der Waals surface area contributed by atoms with E-state index in [0.717, 1.165) is 9.79 Å². The van der Waals surface area contributed by atoms with E-state index in [1.807, 2.05) is 42.5 Å². The van der Waals surface area contributed by atoms with Gasteiger partial charge in [0.2, 0.25) is 5.91 Å². The lowest BCUT2D eigenvalue weighted by molar-refractivity contribution is -0.113. The van der Waals surface area contributed by atoms with Gasteiger partial charge in [-0.05, 0) is 42.5 Å². The first-order valence-corrected chi connectivity index (χ1v) is 7.93. The van der Waals surface area contributed by atoms with Gasteiger partial charge < -0.3 is 10.6 Å². The van der Waals surface area contributed by atoms with Gasteiger partial charge in [-0.3, -0.25) is 9.59 Å². The lowest BCUT2D eigenvalue weighted by Crippen LogP contribution is -2.17. The Hall–Kier alpha value is -1.98. The van der Waals surface area contributed by atoms with Gasteiger partial charge in [0.25, 0.3) is 5.91 Å². The van der Waals surface area contributed by atoms with Crippen LogP contribution in [0.1, 0.15) is 10.4 Å². The molecule has 114 valence electrons. The summed E-state index contributed by atoms with van der Waals surface area (Å²) in [4.78, 5) is 24.8. The summed E-state index contributed by atoms with van der Waals surface area (Å²) in [5.74, 6) is -0.412. The zero-order chi connectivity index (χ0) is 15.9. The van der Waals surface area contributed by atoms with E-state index in [1.165, 1.54) is 0 Å². The van der Waals surface area contributed by atoms with Crippen LogP contribution < -0.4 is 10.6 Å². The zero-order valence-corrected chi connectivity index (χ0v) is 13.5. The van der Waals surface area contributed by atoms with Crippen LogP contribution in [0.4, 0.5) is 5.69 Å². The van der Waals surface area contributed by atoms with Crippen molar-refractivity contribution in [3.63, 3.8) is 0 Å². The summed E-state index contributed by atoms with van der Waals surface area (Å²) in [6.45, 7) is 0. The molecule has 0 saturated carbocycles. The Labute approximate surface area is 138 Å². The molecule has 0 fully saturated rings. The fourth-order valence-electron chi connectivity index (χ4n) is 1.78. The molecule has 2 aromatic rings. The second-order valence-electron chi connectivity index (χ2n) is 4.42. The Kier molecular flexibility index (Phi) is 5.86. The van der Waals surface area contributed by atoms with E-state index in [2.05, 4.69) is 10.6 Å². The average Bonchev–Trinajstić information content (AvgIpc) is 2.56. The molecular weight excluding hydrogens is 320 g/mol. The maximum Gasteiger partial charge on any atom is 0.251 e. The Balaban J connectivity index is 2.07. The summed E-state index contributed by atoms with van der Waals surface area (Å²) in [6, 6.07) is 14.8. The monoisotopic (exact) mass is 334 g/mol. The molecule has 0 atom stereocenters. The van der Waals surface area contributed by atoms with Crippen molar-refractivity contribution in [2.75, 3.05) is 18.2 Å². The molecule has 2 N–H and O–H groups in total. The number of carbonyl (C=O) groups excluding carboxylic acids is 2. The van der Waals surface area contributed by atoms with Crippen molar-refractivity contribution in [2.45, 2.75) is 9.79 Å². The molecule has 0 bridgehead atoms. The van der Waals surface area contributed by atoms with Crippen LogP contribution >= 0.6 is 23.4 Å². The smallest absolute Gasteiger partial charge is 0.251 e. The van der Waals surface area contributed by atoms with E-state index < -0.39 is 0 Å². The number of alkyl halides is 1. The number of carbonyl (C=O) groups is 2. The number of halogens is 1. The molecular formula is C16H15ClN2O2S. The van der Waals surface area contributed by atoms with E-state index in [9.17, 15) is 9.59 Å². The maximum absolute atomic E-state index is 11.6. The van der Waals surface area contributed by atoms with Crippen molar-refractivity contribution >= 4 is 40.9 Å². The molecule has 6 heteroatoms. The van der Waals surface area contributed by atoms with Crippen molar-refractivity contribution in [3.05, 3.63) is 54.1 Å². The standard InChI is InChI=1S/C16H15ClN2O2S/c1-18-16(21)11-3-2-4-14(9-11)22-13-7-5-12(6-8-13)19-15(20)10-17/h2-9H,10H2,1H3,(H,18,21)(H,19,20). The van der Waals surface area contributed by atoms with Gasteiger partial charge in [0.15, 0.2) is 0 Å².